The highest BCUT2D eigenvalue weighted by Gasteiger charge is 2.26. The van der Waals surface area contributed by atoms with Crippen molar-refractivity contribution in [2.75, 3.05) is 63.2 Å². The molecule has 0 saturated carbocycles. The van der Waals surface area contributed by atoms with Gasteiger partial charge in [0.15, 0.2) is 16.9 Å². The quantitative estimate of drug-likeness (QED) is 0.0310. The average molecular weight is 813 g/mol. The minimum absolute atomic E-state index is 0.133. The molecular formula is C40H54N13O6+. The van der Waals surface area contributed by atoms with Crippen molar-refractivity contribution in [2.45, 2.75) is 53.8 Å². The molecule has 3 aromatic heterocycles. The molecule has 1 aliphatic heterocycles. The van der Waals surface area contributed by atoms with Gasteiger partial charge in [-0.3, -0.25) is 34.4 Å². The Morgan fingerprint density at radius 1 is 1.00 bits per heavy atom. The van der Waals surface area contributed by atoms with Crippen LogP contribution in [0.1, 0.15) is 50.0 Å². The number of aliphatic hydroxyl groups excluding tert-OH is 1. The van der Waals surface area contributed by atoms with E-state index in [0.29, 0.717) is 77.8 Å². The number of fused-ring (bicyclic) bond motifs is 2. The van der Waals surface area contributed by atoms with Crippen molar-refractivity contribution in [1.82, 2.24) is 24.4 Å². The Hall–Kier alpha value is -6.44. The lowest BCUT2D eigenvalue weighted by molar-refractivity contribution is -0.646. The van der Waals surface area contributed by atoms with Crippen LogP contribution in [0.5, 0.6) is 5.75 Å². The molecule has 1 fully saturated rings. The summed E-state index contributed by atoms with van der Waals surface area (Å²) in [5, 5.41) is 15.5. The first kappa shape index (κ1) is 43.7. The Labute approximate surface area is 341 Å². The molecule has 4 aromatic rings. The minimum atomic E-state index is -0.643. The van der Waals surface area contributed by atoms with Gasteiger partial charge in [-0.1, -0.05) is 12.2 Å². The number of carbonyl (C=O) groups is 3. The monoisotopic (exact) mass is 812 g/mol. The number of nitrogens with one attached hydrogen (secondary N) is 3. The van der Waals surface area contributed by atoms with Crippen molar-refractivity contribution in [2.24, 2.45) is 27.2 Å². The third kappa shape index (κ3) is 11.6. The zero-order valence-corrected chi connectivity index (χ0v) is 34.0. The topological polar surface area (TPSA) is 270 Å². The number of anilines is 2. The van der Waals surface area contributed by atoms with Gasteiger partial charge in [-0.25, -0.2) is 29.6 Å². The van der Waals surface area contributed by atoms with Crippen LogP contribution in [0.25, 0.3) is 22.2 Å². The third-order valence-corrected chi connectivity index (χ3v) is 9.01. The third-order valence-electron chi connectivity index (χ3n) is 9.01. The summed E-state index contributed by atoms with van der Waals surface area (Å²) < 4.78 is 15.3. The Morgan fingerprint density at radius 3 is 2.31 bits per heavy atom. The number of allylic oxidation sites excluding steroid dienone is 4. The largest absolute Gasteiger partial charge is 0.490 e. The van der Waals surface area contributed by atoms with Gasteiger partial charge in [-0.15, -0.1) is 0 Å². The molecule has 0 aliphatic carbocycles. The normalized spacial score (nSPS) is 14.7. The van der Waals surface area contributed by atoms with Crippen LogP contribution in [0, 0.1) is 0 Å². The van der Waals surface area contributed by atoms with Gasteiger partial charge in [0.05, 0.1) is 33.0 Å². The number of aromatic nitrogens is 5. The number of aliphatic imine (C=N–C) groups is 2. The molecule has 5 rings (SSSR count). The van der Waals surface area contributed by atoms with E-state index in [1.165, 1.54) is 18.3 Å². The molecule has 1 saturated heterocycles. The summed E-state index contributed by atoms with van der Waals surface area (Å²) in [7, 11) is 0. The molecule has 0 atom stereocenters. The van der Waals surface area contributed by atoms with E-state index in [1.807, 2.05) is 30.6 Å². The van der Waals surface area contributed by atoms with Crippen LogP contribution < -0.4 is 37.1 Å². The fourth-order valence-electron chi connectivity index (χ4n) is 6.36. The van der Waals surface area contributed by atoms with Crippen molar-refractivity contribution >= 4 is 63.2 Å². The van der Waals surface area contributed by atoms with Gasteiger partial charge in [0.1, 0.15) is 22.5 Å². The van der Waals surface area contributed by atoms with Crippen molar-refractivity contribution < 1.29 is 33.5 Å². The molecule has 19 heteroatoms. The molecule has 0 bridgehead atoms. The first-order valence-corrected chi connectivity index (χ1v) is 19.4. The van der Waals surface area contributed by atoms with E-state index in [4.69, 9.17) is 26.7 Å². The highest BCUT2D eigenvalue weighted by molar-refractivity contribution is 6.47. The number of hydrogen-bond donors (Lipinski definition) is 7. The molecular weight excluding hydrogens is 759 g/mol. The Kier molecular flexibility index (Phi) is 15.4. The van der Waals surface area contributed by atoms with E-state index in [9.17, 15) is 19.5 Å². The number of aliphatic hydroxyl groups is 1. The number of amides is 3. The maximum atomic E-state index is 13.6. The van der Waals surface area contributed by atoms with Crippen LogP contribution in [-0.2, 0) is 34.0 Å². The van der Waals surface area contributed by atoms with E-state index in [0.717, 1.165) is 26.1 Å². The van der Waals surface area contributed by atoms with Gasteiger partial charge >= 0.3 is 11.9 Å². The van der Waals surface area contributed by atoms with Crippen molar-refractivity contribution in [3.63, 3.8) is 0 Å². The van der Waals surface area contributed by atoms with Gasteiger partial charge < -0.3 is 31.8 Å². The molecule has 1 aromatic carbocycles. The predicted molar refractivity (Wildman–Crippen MR) is 226 cm³/mol. The zero-order chi connectivity index (χ0) is 42.5. The number of morpholine rings is 1. The standard InChI is InChI=1S/C40H53N13O6/c1-5-44-31(18-25(3)41)37(56)49-39-47-29-21-28(35(43)55)22-33(59-15-9-10-51-13-16-58-17-14-51)34(29)52(39)11-7-8-12-53-36-30(20-27(24-54)23-46-36)48-40(53)50-38(57)32(45-6-2)19-26(4)42/h7-8,18-23,54H,5-6,9-17,24H2,1-4H3,(H8,41,42,43,44,45,47,48,49,50,55,56,57)/p+1/b8-7+. The van der Waals surface area contributed by atoms with Gasteiger partial charge in [0, 0.05) is 62.4 Å². The molecule has 4 heterocycles. The average Bonchev–Trinajstić information content (AvgIpc) is 3.73. The number of rotatable bonds is 19. The SMILES string of the molecule is CCN=C(/C=C(/C)N)C(=O)Nc1nc2cc(CO)cnc2n1C/C=C/C[n+]1c(NC(=O)C(/C=C(/C)N)=NCC)[nH]c2cc(C(N)=O)cc(OCCCN3CCOCC3)c21. The van der Waals surface area contributed by atoms with Crippen LogP contribution in [0.3, 0.4) is 0 Å². The molecule has 59 heavy (non-hydrogen) atoms. The molecule has 3 amide bonds. The van der Waals surface area contributed by atoms with E-state index < -0.39 is 17.7 Å². The summed E-state index contributed by atoms with van der Waals surface area (Å²) >= 11 is 0. The number of H-pyrrole nitrogens is 1. The lowest BCUT2D eigenvalue weighted by Gasteiger charge is -2.26. The fraction of sp³-hybridized carbons (Fsp3) is 0.400. The van der Waals surface area contributed by atoms with Crippen LogP contribution in [0.2, 0.25) is 0 Å². The van der Waals surface area contributed by atoms with Crippen molar-refractivity contribution in [1.29, 1.82) is 0 Å². The lowest BCUT2D eigenvalue weighted by atomic mass is 10.1. The summed E-state index contributed by atoms with van der Waals surface area (Å²) in [4.78, 5) is 62.8. The Bertz CT molecular complexity index is 2310. The van der Waals surface area contributed by atoms with Gasteiger partial charge in [-0.2, -0.15) is 0 Å². The number of hydrogen-bond acceptors (Lipinski definition) is 13. The smallest absolute Gasteiger partial charge is 0.363 e. The predicted octanol–water partition coefficient (Wildman–Crippen LogP) is 1.67. The summed E-state index contributed by atoms with van der Waals surface area (Å²) in [5.41, 5.74) is 21.4. The van der Waals surface area contributed by atoms with Gasteiger partial charge in [-0.05, 0) is 70.0 Å². The number of nitrogens with two attached hydrogens (primary N) is 3. The van der Waals surface area contributed by atoms with E-state index in [-0.39, 0.29) is 48.6 Å². The molecule has 0 radical (unpaired) electrons. The number of ether oxygens (including phenoxy) is 2. The lowest BCUT2D eigenvalue weighted by Crippen LogP contribution is -2.38. The van der Waals surface area contributed by atoms with Crippen LogP contribution in [0.15, 0.2) is 70.1 Å². The number of imidazole rings is 2. The maximum absolute atomic E-state index is 13.6. The molecule has 10 N–H and O–H groups in total. The summed E-state index contributed by atoms with van der Waals surface area (Å²) in [6, 6.07) is 4.90. The highest BCUT2D eigenvalue weighted by atomic mass is 16.5. The van der Waals surface area contributed by atoms with Crippen LogP contribution in [-0.4, -0.2) is 111 Å². The fourth-order valence-corrected chi connectivity index (χ4v) is 6.36. The number of carbonyl (C=O) groups excluding carboxylic acids is 3. The van der Waals surface area contributed by atoms with E-state index in [2.05, 4.69) is 40.5 Å². The second-order valence-corrected chi connectivity index (χ2v) is 13.7. The first-order valence-electron chi connectivity index (χ1n) is 19.4. The van der Waals surface area contributed by atoms with Gasteiger partial charge in [0.25, 0.3) is 5.91 Å². The maximum Gasteiger partial charge on any atom is 0.363 e. The number of benzene rings is 1. The van der Waals surface area contributed by atoms with E-state index >= 15 is 0 Å². The summed E-state index contributed by atoms with van der Waals surface area (Å²) in [6.45, 7) is 12.1. The zero-order valence-electron chi connectivity index (χ0n) is 34.0. The highest BCUT2D eigenvalue weighted by Crippen LogP contribution is 2.27. The van der Waals surface area contributed by atoms with E-state index in [1.54, 1.807) is 36.6 Å². The molecule has 314 valence electrons. The van der Waals surface area contributed by atoms with Crippen molar-refractivity contribution in [3.8, 4) is 5.75 Å². The second-order valence-electron chi connectivity index (χ2n) is 13.7. The molecule has 0 unspecified atom stereocenters. The first-order chi connectivity index (χ1) is 28.4. The van der Waals surface area contributed by atoms with Crippen LogP contribution >= 0.6 is 0 Å². The Morgan fingerprint density at radius 2 is 1.68 bits per heavy atom. The van der Waals surface area contributed by atoms with Crippen LogP contribution in [0.4, 0.5) is 11.9 Å². The van der Waals surface area contributed by atoms with Crippen molar-refractivity contribution in [3.05, 3.63) is 71.2 Å². The number of primary amides is 1. The second kappa shape index (κ2) is 20.8. The summed E-state index contributed by atoms with van der Waals surface area (Å²) in [5.74, 6) is -0.776. The molecule has 1 aliphatic rings. The molecule has 0 spiro atoms. The minimum Gasteiger partial charge on any atom is -0.490 e. The number of pyridine rings is 1. The Balaban J connectivity index is 1.51. The number of nitrogens with zero attached hydrogens (tertiary/aromatic N) is 7. The van der Waals surface area contributed by atoms with Gasteiger partial charge in [0.2, 0.25) is 11.9 Å². The summed E-state index contributed by atoms with van der Waals surface area (Å²) in [6.07, 6.45) is 8.96. The number of aromatic amines is 1. The molecule has 19 nitrogen and oxygen atoms in total.